The first kappa shape index (κ1) is 27.5. The number of pyridine rings is 1. The van der Waals surface area contributed by atoms with Gasteiger partial charge in [-0.1, -0.05) is 32.4 Å². The predicted molar refractivity (Wildman–Crippen MR) is 141 cm³/mol. The molecular weight excluding hydrogens is 528 g/mol. The van der Waals surface area contributed by atoms with Gasteiger partial charge in [-0.2, -0.15) is 13.2 Å². The first-order valence-electron chi connectivity index (χ1n) is 13.0. The van der Waals surface area contributed by atoms with E-state index in [9.17, 15) is 27.5 Å². The largest absolute Gasteiger partial charge is 0.475 e. The van der Waals surface area contributed by atoms with E-state index in [1.807, 2.05) is 20.8 Å². The van der Waals surface area contributed by atoms with E-state index in [0.29, 0.717) is 28.3 Å². The van der Waals surface area contributed by atoms with Gasteiger partial charge in [0.25, 0.3) is 0 Å². The predicted octanol–water partition coefficient (Wildman–Crippen LogP) is 6.52. The number of benzene rings is 1. The molecule has 3 heterocycles. The molecule has 1 fully saturated rings. The molecule has 1 aromatic carbocycles. The van der Waals surface area contributed by atoms with Crippen molar-refractivity contribution in [2.24, 2.45) is 5.92 Å². The first-order chi connectivity index (χ1) is 18.9. The molecular formula is C28H28F4N6O2. The molecule has 1 aliphatic carbocycles. The summed E-state index contributed by atoms with van der Waals surface area (Å²) >= 11 is 0. The maximum Gasteiger partial charge on any atom is 0.416 e. The van der Waals surface area contributed by atoms with Crippen LogP contribution < -0.4 is 5.32 Å². The second kappa shape index (κ2) is 10.5. The fourth-order valence-corrected chi connectivity index (χ4v) is 4.86. The topological polar surface area (TPSA) is 106 Å². The number of nitrogens with one attached hydrogen (secondary N) is 1. The minimum Gasteiger partial charge on any atom is -0.475 e. The molecule has 2 N–H and O–H groups in total. The molecule has 4 aromatic rings. The Hall–Kier alpha value is -4.09. The fourth-order valence-electron chi connectivity index (χ4n) is 4.86. The molecule has 0 aliphatic heterocycles. The SMILES string of the molecule is CC(C)c1cc(-c2nc3nc(C(=O)O)nc(NC(C)C4CCC4)c3n2Cc2ccc(C(F)(F)F)cc2)ncc1F. The average molecular weight is 557 g/mol. The molecule has 8 nitrogen and oxygen atoms in total. The van der Waals surface area contributed by atoms with Crippen LogP contribution in [0.2, 0.25) is 0 Å². The summed E-state index contributed by atoms with van der Waals surface area (Å²) in [7, 11) is 0. The highest BCUT2D eigenvalue weighted by Gasteiger charge is 2.31. The van der Waals surface area contributed by atoms with Crippen LogP contribution in [0, 0.1) is 11.7 Å². The summed E-state index contributed by atoms with van der Waals surface area (Å²) in [5, 5.41) is 13.0. The summed E-state index contributed by atoms with van der Waals surface area (Å²) < 4.78 is 55.7. The molecule has 12 heteroatoms. The van der Waals surface area contributed by atoms with Gasteiger partial charge in [-0.25, -0.2) is 29.1 Å². The third kappa shape index (κ3) is 5.34. The van der Waals surface area contributed by atoms with E-state index in [2.05, 4.69) is 25.3 Å². The number of carboxylic acids is 1. The zero-order valence-electron chi connectivity index (χ0n) is 22.1. The lowest BCUT2D eigenvalue weighted by molar-refractivity contribution is -0.137. The van der Waals surface area contributed by atoms with E-state index in [4.69, 9.17) is 0 Å². The quantitative estimate of drug-likeness (QED) is 0.238. The smallest absolute Gasteiger partial charge is 0.416 e. The summed E-state index contributed by atoms with van der Waals surface area (Å²) in [4.78, 5) is 29.2. The van der Waals surface area contributed by atoms with Crippen LogP contribution in [0.3, 0.4) is 0 Å². The normalized spacial score (nSPS) is 14.9. The van der Waals surface area contributed by atoms with Gasteiger partial charge in [0.2, 0.25) is 5.82 Å². The number of anilines is 1. The van der Waals surface area contributed by atoms with Gasteiger partial charge in [0.1, 0.15) is 17.0 Å². The van der Waals surface area contributed by atoms with Crippen LogP contribution in [-0.4, -0.2) is 41.6 Å². The van der Waals surface area contributed by atoms with Gasteiger partial charge in [0, 0.05) is 12.6 Å². The second-order valence-corrected chi connectivity index (χ2v) is 10.5. The molecule has 0 spiro atoms. The van der Waals surface area contributed by atoms with Crippen molar-refractivity contribution in [3.63, 3.8) is 0 Å². The van der Waals surface area contributed by atoms with Crippen LogP contribution in [-0.2, 0) is 12.7 Å². The Morgan fingerprint density at radius 1 is 1.12 bits per heavy atom. The number of halogens is 4. The van der Waals surface area contributed by atoms with Crippen molar-refractivity contribution in [1.29, 1.82) is 0 Å². The maximum atomic E-state index is 14.5. The number of aromatic nitrogens is 5. The molecule has 210 valence electrons. The van der Waals surface area contributed by atoms with E-state index in [1.54, 1.807) is 10.6 Å². The number of fused-ring (bicyclic) bond motifs is 1. The van der Waals surface area contributed by atoms with Gasteiger partial charge in [0.15, 0.2) is 17.3 Å². The van der Waals surface area contributed by atoms with Crippen LogP contribution >= 0.6 is 0 Å². The minimum atomic E-state index is -4.48. The van der Waals surface area contributed by atoms with Gasteiger partial charge in [-0.3, -0.25) is 0 Å². The Morgan fingerprint density at radius 3 is 2.40 bits per heavy atom. The number of alkyl halides is 3. The lowest BCUT2D eigenvalue weighted by atomic mass is 9.80. The zero-order valence-corrected chi connectivity index (χ0v) is 22.1. The summed E-state index contributed by atoms with van der Waals surface area (Å²) in [5.41, 5.74) is 0.926. The number of rotatable bonds is 8. The molecule has 1 saturated carbocycles. The van der Waals surface area contributed by atoms with Gasteiger partial charge in [0.05, 0.1) is 11.8 Å². The Labute approximate surface area is 227 Å². The highest BCUT2D eigenvalue weighted by molar-refractivity contribution is 5.92. The highest BCUT2D eigenvalue weighted by Crippen LogP contribution is 2.35. The van der Waals surface area contributed by atoms with Crippen molar-refractivity contribution in [2.45, 2.75) is 64.7 Å². The van der Waals surface area contributed by atoms with E-state index in [0.717, 1.165) is 37.6 Å². The number of hydrogen-bond donors (Lipinski definition) is 2. The molecule has 0 saturated heterocycles. The van der Waals surface area contributed by atoms with Crippen molar-refractivity contribution in [3.05, 3.63) is 64.9 Å². The maximum absolute atomic E-state index is 14.5. The minimum absolute atomic E-state index is 0.0251. The van der Waals surface area contributed by atoms with Gasteiger partial charge < -0.3 is 15.0 Å². The standard InChI is InChI=1S/C28H28F4N6O2/c1-14(2)19-11-21(33-12-20(19)29)26-37-24-22(38(26)13-16-7-9-18(10-8-16)28(30,31)32)23(35-25(36-24)27(39)40)34-15(3)17-5-4-6-17/h7-12,14-15,17H,4-6,13H2,1-3H3,(H,39,40)(H,34,35,36). The van der Waals surface area contributed by atoms with Crippen molar-refractivity contribution in [2.75, 3.05) is 5.32 Å². The van der Waals surface area contributed by atoms with E-state index in [-0.39, 0.29) is 35.8 Å². The number of aromatic carboxylic acids is 1. The third-order valence-corrected chi connectivity index (χ3v) is 7.37. The lowest BCUT2D eigenvalue weighted by Crippen LogP contribution is -2.31. The van der Waals surface area contributed by atoms with Crippen LogP contribution in [0.1, 0.15) is 73.3 Å². The molecule has 1 atom stereocenters. The van der Waals surface area contributed by atoms with Crippen molar-refractivity contribution in [1.82, 2.24) is 24.5 Å². The molecule has 3 aromatic heterocycles. The Kier molecular flexibility index (Phi) is 7.19. The van der Waals surface area contributed by atoms with Gasteiger partial charge >= 0.3 is 12.1 Å². The molecule has 1 aliphatic rings. The Balaban J connectivity index is 1.71. The molecule has 1 unspecified atom stereocenters. The van der Waals surface area contributed by atoms with Crippen molar-refractivity contribution < 1.29 is 27.5 Å². The van der Waals surface area contributed by atoms with Crippen LogP contribution in [0.25, 0.3) is 22.7 Å². The molecule has 0 amide bonds. The zero-order chi connectivity index (χ0) is 28.8. The fraction of sp³-hybridized carbons (Fsp3) is 0.393. The number of carboxylic acid groups (broad SMARTS) is 1. The summed E-state index contributed by atoms with van der Waals surface area (Å²) in [5.74, 6) is -1.52. The number of carbonyl (C=O) groups is 1. The highest BCUT2D eigenvalue weighted by atomic mass is 19.4. The molecule has 40 heavy (non-hydrogen) atoms. The van der Waals surface area contributed by atoms with E-state index in [1.165, 1.54) is 12.1 Å². The van der Waals surface area contributed by atoms with E-state index >= 15 is 0 Å². The van der Waals surface area contributed by atoms with E-state index < -0.39 is 29.4 Å². The second-order valence-electron chi connectivity index (χ2n) is 10.5. The van der Waals surface area contributed by atoms with Crippen molar-refractivity contribution >= 4 is 23.0 Å². The average Bonchev–Trinajstić information content (AvgIpc) is 3.21. The van der Waals surface area contributed by atoms with Crippen LogP contribution in [0.4, 0.5) is 23.4 Å². The summed E-state index contributed by atoms with van der Waals surface area (Å²) in [6.45, 7) is 5.72. The monoisotopic (exact) mass is 556 g/mol. The lowest BCUT2D eigenvalue weighted by Gasteiger charge is -2.32. The van der Waals surface area contributed by atoms with Gasteiger partial charge in [-0.15, -0.1) is 0 Å². The first-order valence-corrected chi connectivity index (χ1v) is 13.0. The van der Waals surface area contributed by atoms with Gasteiger partial charge in [-0.05, 0) is 60.9 Å². The molecule has 0 radical (unpaired) electrons. The number of hydrogen-bond acceptors (Lipinski definition) is 6. The molecule has 5 rings (SSSR count). The Morgan fingerprint density at radius 2 is 1.82 bits per heavy atom. The number of nitrogens with zero attached hydrogens (tertiary/aromatic N) is 5. The summed E-state index contributed by atoms with van der Waals surface area (Å²) in [6, 6.07) is 6.28. The Bertz CT molecular complexity index is 1560. The summed E-state index contributed by atoms with van der Waals surface area (Å²) in [6.07, 6.45) is -0.213. The third-order valence-electron chi connectivity index (χ3n) is 7.37. The molecule has 0 bridgehead atoms. The van der Waals surface area contributed by atoms with Crippen molar-refractivity contribution in [3.8, 4) is 11.5 Å². The van der Waals surface area contributed by atoms with Crippen LogP contribution in [0.15, 0.2) is 36.5 Å². The number of imidazole rings is 1. The van der Waals surface area contributed by atoms with Crippen LogP contribution in [0.5, 0.6) is 0 Å².